The Morgan fingerprint density at radius 3 is 2.60 bits per heavy atom. The summed E-state index contributed by atoms with van der Waals surface area (Å²) in [4.78, 5) is 11.7. The van der Waals surface area contributed by atoms with Gasteiger partial charge in [0, 0.05) is 17.8 Å². The maximum Gasteiger partial charge on any atom is 0.140 e. The fourth-order valence-corrected chi connectivity index (χ4v) is 2.58. The van der Waals surface area contributed by atoms with Crippen molar-refractivity contribution in [1.29, 1.82) is 0 Å². The summed E-state index contributed by atoms with van der Waals surface area (Å²) in [6.07, 6.45) is 1.68. The van der Waals surface area contributed by atoms with Gasteiger partial charge >= 0.3 is 0 Å². The fraction of sp³-hybridized carbons (Fsp3) is 0.500. The molecule has 1 heteroatoms. The van der Waals surface area contributed by atoms with Crippen molar-refractivity contribution in [2.24, 2.45) is 5.41 Å². The van der Waals surface area contributed by atoms with E-state index in [9.17, 15) is 4.79 Å². The summed E-state index contributed by atoms with van der Waals surface area (Å²) >= 11 is 0. The lowest BCUT2D eigenvalue weighted by Gasteiger charge is -2.45. The Kier molecular flexibility index (Phi) is 2.41. The van der Waals surface area contributed by atoms with Crippen molar-refractivity contribution in [3.05, 3.63) is 35.4 Å². The molecular weight excluding hydrogens is 184 g/mol. The van der Waals surface area contributed by atoms with Crippen LogP contribution < -0.4 is 0 Å². The Bertz CT molecular complexity index is 394. The Hall–Kier alpha value is -1.11. The summed E-state index contributed by atoms with van der Waals surface area (Å²) in [5.74, 6) is 0.870. The molecular formula is C14H18O. The van der Waals surface area contributed by atoms with Gasteiger partial charge in [0.2, 0.25) is 0 Å². The van der Waals surface area contributed by atoms with E-state index in [0.717, 1.165) is 12.8 Å². The predicted molar refractivity (Wildman–Crippen MR) is 61.9 cm³/mol. The summed E-state index contributed by atoms with van der Waals surface area (Å²) in [6.45, 7) is 6.35. The average Bonchev–Trinajstić information content (AvgIpc) is 2.26. The molecule has 15 heavy (non-hydrogen) atoms. The molecule has 0 saturated heterocycles. The molecule has 1 aliphatic carbocycles. The zero-order chi connectivity index (χ0) is 11.1. The van der Waals surface area contributed by atoms with Crippen molar-refractivity contribution < 1.29 is 4.79 Å². The lowest BCUT2D eigenvalue weighted by molar-refractivity contribution is -0.139. The maximum absolute atomic E-state index is 11.7. The van der Waals surface area contributed by atoms with E-state index >= 15 is 0 Å². The molecule has 0 heterocycles. The highest BCUT2D eigenvalue weighted by molar-refractivity contribution is 5.93. The highest BCUT2D eigenvalue weighted by Gasteiger charge is 2.50. The van der Waals surface area contributed by atoms with Crippen LogP contribution in [0.5, 0.6) is 0 Å². The molecule has 0 amide bonds. The van der Waals surface area contributed by atoms with Crippen LogP contribution >= 0.6 is 0 Å². The van der Waals surface area contributed by atoms with Crippen molar-refractivity contribution in [2.45, 2.75) is 39.5 Å². The summed E-state index contributed by atoms with van der Waals surface area (Å²) in [5, 5.41) is 0. The molecule has 1 aliphatic rings. The number of hydrogen-bond acceptors (Lipinski definition) is 1. The van der Waals surface area contributed by atoms with Crippen molar-refractivity contribution in [3.8, 4) is 0 Å². The van der Waals surface area contributed by atoms with Gasteiger partial charge in [0.05, 0.1) is 0 Å². The average molecular weight is 202 g/mol. The number of aryl methyl sites for hydroxylation is 1. The fourth-order valence-electron chi connectivity index (χ4n) is 2.58. The van der Waals surface area contributed by atoms with Crippen LogP contribution in [0.2, 0.25) is 0 Å². The van der Waals surface area contributed by atoms with Crippen molar-refractivity contribution in [2.75, 3.05) is 0 Å². The third-order valence-electron chi connectivity index (χ3n) is 4.09. The van der Waals surface area contributed by atoms with Crippen LogP contribution in [0.3, 0.4) is 0 Å². The number of Topliss-reactive ketones (excluding diaryl/α,β-unsaturated/α-hetero) is 1. The minimum Gasteiger partial charge on any atom is -0.299 e. The summed E-state index contributed by atoms with van der Waals surface area (Å²) < 4.78 is 0. The van der Waals surface area contributed by atoms with Gasteiger partial charge in [-0.2, -0.15) is 0 Å². The molecule has 1 aromatic carbocycles. The Labute approximate surface area is 91.5 Å². The second-order valence-corrected chi connectivity index (χ2v) is 4.81. The highest BCUT2D eigenvalue weighted by atomic mass is 16.1. The normalized spacial score (nSPS) is 30.1. The Balaban J connectivity index is 2.35. The lowest BCUT2D eigenvalue weighted by Crippen LogP contribution is -2.45. The molecule has 0 aromatic heterocycles. The van der Waals surface area contributed by atoms with E-state index in [0.29, 0.717) is 11.7 Å². The first-order valence-corrected chi connectivity index (χ1v) is 5.68. The third-order valence-corrected chi connectivity index (χ3v) is 4.09. The van der Waals surface area contributed by atoms with Gasteiger partial charge in [0.15, 0.2) is 0 Å². The van der Waals surface area contributed by atoms with Crippen LogP contribution in [-0.2, 0) is 4.79 Å². The quantitative estimate of drug-likeness (QED) is 0.717. The van der Waals surface area contributed by atoms with Crippen LogP contribution in [0.15, 0.2) is 24.3 Å². The van der Waals surface area contributed by atoms with E-state index in [1.165, 1.54) is 11.1 Å². The summed E-state index contributed by atoms with van der Waals surface area (Å²) in [7, 11) is 0. The van der Waals surface area contributed by atoms with Crippen molar-refractivity contribution >= 4 is 5.78 Å². The minimum atomic E-state index is -0.105. The van der Waals surface area contributed by atoms with Crippen LogP contribution in [0.1, 0.15) is 43.7 Å². The van der Waals surface area contributed by atoms with Crippen LogP contribution in [0, 0.1) is 12.3 Å². The van der Waals surface area contributed by atoms with Gasteiger partial charge in [-0.3, -0.25) is 4.79 Å². The second-order valence-electron chi connectivity index (χ2n) is 4.81. The van der Waals surface area contributed by atoms with E-state index < -0.39 is 0 Å². The molecule has 1 saturated carbocycles. The van der Waals surface area contributed by atoms with E-state index in [2.05, 4.69) is 45.0 Å². The first-order chi connectivity index (χ1) is 7.09. The zero-order valence-corrected chi connectivity index (χ0v) is 9.71. The molecule has 80 valence electrons. The van der Waals surface area contributed by atoms with E-state index in [-0.39, 0.29) is 5.41 Å². The van der Waals surface area contributed by atoms with E-state index in [1.807, 2.05) is 0 Å². The predicted octanol–water partition coefficient (Wildman–Crippen LogP) is 3.47. The van der Waals surface area contributed by atoms with Gasteiger partial charge in [-0.05, 0) is 24.5 Å². The number of carbonyl (C=O) groups is 1. The maximum atomic E-state index is 11.7. The first-order valence-electron chi connectivity index (χ1n) is 5.68. The largest absolute Gasteiger partial charge is 0.299 e. The number of ketones is 1. The third kappa shape index (κ3) is 1.41. The van der Waals surface area contributed by atoms with Gasteiger partial charge in [-0.1, -0.05) is 38.1 Å². The van der Waals surface area contributed by atoms with Gasteiger partial charge in [-0.25, -0.2) is 0 Å². The summed E-state index contributed by atoms with van der Waals surface area (Å²) in [6, 6.07) is 8.43. The van der Waals surface area contributed by atoms with Gasteiger partial charge in [0.25, 0.3) is 0 Å². The smallest absolute Gasteiger partial charge is 0.140 e. The van der Waals surface area contributed by atoms with Crippen LogP contribution in [0.4, 0.5) is 0 Å². The number of carbonyl (C=O) groups excluding carboxylic acids is 1. The molecule has 0 N–H and O–H groups in total. The minimum absolute atomic E-state index is 0.105. The molecule has 0 spiro atoms. The molecule has 0 radical (unpaired) electrons. The lowest BCUT2D eigenvalue weighted by atomic mass is 9.56. The number of rotatable bonds is 2. The molecule has 2 rings (SSSR count). The molecule has 2 unspecified atom stereocenters. The van der Waals surface area contributed by atoms with Crippen LogP contribution in [-0.4, -0.2) is 5.78 Å². The number of hydrogen-bond donors (Lipinski definition) is 0. The Morgan fingerprint density at radius 2 is 2.07 bits per heavy atom. The van der Waals surface area contributed by atoms with Crippen LogP contribution in [0.25, 0.3) is 0 Å². The Morgan fingerprint density at radius 1 is 1.40 bits per heavy atom. The molecule has 0 bridgehead atoms. The summed E-state index contributed by atoms with van der Waals surface area (Å²) in [5.41, 5.74) is 2.57. The molecule has 1 nitrogen and oxygen atoms in total. The van der Waals surface area contributed by atoms with E-state index in [4.69, 9.17) is 0 Å². The number of benzene rings is 1. The molecule has 1 fully saturated rings. The molecule has 2 atom stereocenters. The standard InChI is InChI=1S/C14H18O/c1-4-14(3)12(9-13(14)15)11-8-6-5-7-10(11)2/h5-8,12H,4,9H2,1-3H3. The van der Waals surface area contributed by atoms with Crippen molar-refractivity contribution in [1.82, 2.24) is 0 Å². The van der Waals surface area contributed by atoms with Gasteiger partial charge < -0.3 is 0 Å². The highest BCUT2D eigenvalue weighted by Crippen LogP contribution is 2.52. The first kappa shape index (κ1) is 10.4. The van der Waals surface area contributed by atoms with Crippen molar-refractivity contribution in [3.63, 3.8) is 0 Å². The monoisotopic (exact) mass is 202 g/mol. The topological polar surface area (TPSA) is 17.1 Å². The SMILES string of the molecule is CCC1(C)C(=O)CC1c1ccccc1C. The molecule has 1 aromatic rings. The van der Waals surface area contributed by atoms with Gasteiger partial charge in [0.1, 0.15) is 5.78 Å². The van der Waals surface area contributed by atoms with E-state index in [1.54, 1.807) is 0 Å². The second kappa shape index (κ2) is 3.48. The molecule has 0 aliphatic heterocycles. The van der Waals surface area contributed by atoms with Gasteiger partial charge in [-0.15, -0.1) is 0 Å². The zero-order valence-electron chi connectivity index (χ0n) is 9.71.